The van der Waals surface area contributed by atoms with Crippen molar-refractivity contribution >= 4 is 32.7 Å². The molecule has 5 heteroatoms. The van der Waals surface area contributed by atoms with Gasteiger partial charge in [-0.15, -0.1) is 0 Å². The number of phenolic OH excluding ortho intramolecular Hbond substituents is 1. The molecule has 3 aromatic carbocycles. The second-order valence-electron chi connectivity index (χ2n) is 8.23. The molecule has 160 valence electrons. The summed E-state index contributed by atoms with van der Waals surface area (Å²) in [5.41, 5.74) is 4.69. The van der Waals surface area contributed by atoms with Gasteiger partial charge in [0.25, 0.3) is 0 Å². The van der Waals surface area contributed by atoms with E-state index in [1.807, 2.05) is 49.4 Å². The normalized spacial score (nSPS) is 11.5. The van der Waals surface area contributed by atoms with Crippen LogP contribution in [0.25, 0.3) is 38.5 Å². The monoisotopic (exact) mass is 431 g/mol. The van der Waals surface area contributed by atoms with Gasteiger partial charge in [0.2, 0.25) is 5.88 Å². The zero-order valence-electron chi connectivity index (χ0n) is 18.3. The molecule has 3 heterocycles. The second kappa shape index (κ2) is 7.35. The lowest BCUT2D eigenvalue weighted by Gasteiger charge is -2.12. The average molecular weight is 431 g/mol. The number of aromatic nitrogens is 3. The lowest BCUT2D eigenvalue weighted by atomic mass is 10.1. The smallest absolute Gasteiger partial charge is 0.219 e. The number of phenols is 1. The van der Waals surface area contributed by atoms with Gasteiger partial charge < -0.3 is 9.84 Å². The second-order valence-corrected chi connectivity index (χ2v) is 8.23. The molecule has 5 nitrogen and oxygen atoms in total. The van der Waals surface area contributed by atoms with E-state index in [-0.39, 0.29) is 5.75 Å². The molecule has 0 amide bonds. The molecule has 6 aromatic rings. The first-order valence-electron chi connectivity index (χ1n) is 10.8. The number of pyridine rings is 2. The molecule has 6 rings (SSSR count). The van der Waals surface area contributed by atoms with E-state index in [4.69, 9.17) is 9.72 Å². The van der Waals surface area contributed by atoms with Crippen LogP contribution in [0.3, 0.4) is 0 Å². The Hall–Kier alpha value is -4.38. The van der Waals surface area contributed by atoms with Crippen LogP contribution in [-0.4, -0.2) is 19.6 Å². The van der Waals surface area contributed by atoms with Crippen LogP contribution >= 0.6 is 0 Å². The van der Waals surface area contributed by atoms with Crippen molar-refractivity contribution in [3.8, 4) is 23.2 Å². The fourth-order valence-corrected chi connectivity index (χ4v) is 4.37. The molecule has 0 bridgehead atoms. The van der Waals surface area contributed by atoms with Gasteiger partial charge >= 0.3 is 0 Å². The van der Waals surface area contributed by atoms with Gasteiger partial charge in [-0.1, -0.05) is 36.4 Å². The fourth-order valence-electron chi connectivity index (χ4n) is 4.37. The highest BCUT2D eigenvalue weighted by Crippen LogP contribution is 2.35. The van der Waals surface area contributed by atoms with Gasteiger partial charge in [-0.2, -0.15) is 0 Å². The van der Waals surface area contributed by atoms with Crippen molar-refractivity contribution < 1.29 is 9.84 Å². The number of aryl methyl sites for hydroxylation is 2. The molecule has 0 aliphatic carbocycles. The van der Waals surface area contributed by atoms with Crippen molar-refractivity contribution in [2.45, 2.75) is 13.8 Å². The molecule has 1 N–H and O–H groups in total. The highest BCUT2D eigenvalue weighted by molar-refractivity contribution is 6.09. The van der Waals surface area contributed by atoms with Crippen LogP contribution in [0.1, 0.15) is 11.3 Å². The maximum Gasteiger partial charge on any atom is 0.219 e. The lowest BCUT2D eigenvalue weighted by molar-refractivity contribution is 0.460. The van der Waals surface area contributed by atoms with Gasteiger partial charge in [0.05, 0.1) is 11.0 Å². The lowest BCUT2D eigenvalue weighted by Crippen LogP contribution is -2.01. The Labute approximate surface area is 190 Å². The van der Waals surface area contributed by atoms with E-state index in [0.717, 1.165) is 44.3 Å². The number of hydrogen-bond acceptors (Lipinski definition) is 4. The van der Waals surface area contributed by atoms with Crippen molar-refractivity contribution in [2.24, 2.45) is 0 Å². The summed E-state index contributed by atoms with van der Waals surface area (Å²) in [5.74, 6) is 2.14. The summed E-state index contributed by atoms with van der Waals surface area (Å²) in [6.07, 6.45) is 0. The first-order valence-corrected chi connectivity index (χ1v) is 10.8. The quantitative estimate of drug-likeness (QED) is 0.333. The number of aromatic hydroxyl groups is 1. The minimum absolute atomic E-state index is 0.134. The van der Waals surface area contributed by atoms with Crippen LogP contribution in [0.4, 0.5) is 0 Å². The first kappa shape index (κ1) is 19.3. The zero-order valence-corrected chi connectivity index (χ0v) is 18.3. The van der Waals surface area contributed by atoms with E-state index in [1.54, 1.807) is 12.1 Å². The number of nitrogens with zero attached hydrogens (tertiary/aromatic N) is 3. The Morgan fingerprint density at radius 3 is 2.52 bits per heavy atom. The van der Waals surface area contributed by atoms with E-state index >= 15 is 0 Å². The van der Waals surface area contributed by atoms with Crippen LogP contribution in [-0.2, 0) is 0 Å². The van der Waals surface area contributed by atoms with Gasteiger partial charge in [0, 0.05) is 34.0 Å². The Bertz CT molecular complexity index is 1680. The topological polar surface area (TPSA) is 60.2 Å². The summed E-state index contributed by atoms with van der Waals surface area (Å²) in [6.45, 7) is 4.08. The average Bonchev–Trinajstić information content (AvgIpc) is 3.15. The minimum atomic E-state index is 0.134. The first-order chi connectivity index (χ1) is 16.1. The predicted octanol–water partition coefficient (Wildman–Crippen LogP) is 6.84. The van der Waals surface area contributed by atoms with E-state index in [9.17, 15) is 5.11 Å². The molecule has 0 saturated heterocycles. The highest BCUT2D eigenvalue weighted by atomic mass is 16.5. The standard InChI is InChI=1S/C28H21N3O2/c1-17-10-11-18(2)29-28(17)31-23-8-4-3-7-21(23)22-14-13-20(16-24(22)31)33-26-15-12-19-6-5-9-25(32)27(19)30-26/h3-16,32H,1-2H3. The number of rotatable bonds is 3. The van der Waals surface area contributed by atoms with Crippen LogP contribution in [0.5, 0.6) is 17.4 Å². The molecule has 0 unspecified atom stereocenters. The van der Waals surface area contributed by atoms with Crippen molar-refractivity contribution in [3.05, 3.63) is 96.2 Å². The van der Waals surface area contributed by atoms with Crippen molar-refractivity contribution in [2.75, 3.05) is 0 Å². The van der Waals surface area contributed by atoms with Crippen molar-refractivity contribution in [1.29, 1.82) is 0 Å². The maximum atomic E-state index is 10.2. The maximum absolute atomic E-state index is 10.2. The molecule has 0 atom stereocenters. The molecular formula is C28H21N3O2. The number of benzene rings is 3. The third-order valence-corrected chi connectivity index (χ3v) is 5.96. The predicted molar refractivity (Wildman–Crippen MR) is 132 cm³/mol. The van der Waals surface area contributed by atoms with Gasteiger partial charge in [-0.25, -0.2) is 9.97 Å². The van der Waals surface area contributed by atoms with Crippen molar-refractivity contribution in [3.63, 3.8) is 0 Å². The molecule has 0 aliphatic heterocycles. The molecule has 0 spiro atoms. The van der Waals surface area contributed by atoms with Crippen LogP contribution in [0.2, 0.25) is 0 Å². The molecule has 3 aromatic heterocycles. The third kappa shape index (κ3) is 3.17. The van der Waals surface area contributed by atoms with E-state index in [0.29, 0.717) is 17.1 Å². The Morgan fingerprint density at radius 1 is 0.758 bits per heavy atom. The van der Waals surface area contributed by atoms with Gasteiger partial charge in [0.15, 0.2) is 0 Å². The molecular weight excluding hydrogens is 410 g/mol. The van der Waals surface area contributed by atoms with Gasteiger partial charge in [0.1, 0.15) is 22.8 Å². The van der Waals surface area contributed by atoms with Gasteiger partial charge in [-0.3, -0.25) is 4.57 Å². The summed E-state index contributed by atoms with van der Waals surface area (Å²) in [7, 11) is 0. The van der Waals surface area contributed by atoms with Crippen LogP contribution in [0.15, 0.2) is 84.9 Å². The third-order valence-electron chi connectivity index (χ3n) is 5.96. The summed E-state index contributed by atoms with van der Waals surface area (Å²) >= 11 is 0. The van der Waals surface area contributed by atoms with E-state index in [1.165, 1.54) is 0 Å². The summed E-state index contributed by atoms with van der Waals surface area (Å²) in [6, 6.07) is 27.6. The minimum Gasteiger partial charge on any atom is -0.506 e. The number of fused-ring (bicyclic) bond motifs is 4. The van der Waals surface area contributed by atoms with E-state index < -0.39 is 0 Å². The zero-order chi connectivity index (χ0) is 22.5. The van der Waals surface area contributed by atoms with Crippen LogP contribution < -0.4 is 4.74 Å². The summed E-state index contributed by atoms with van der Waals surface area (Å²) in [4.78, 5) is 9.36. The Morgan fingerprint density at radius 2 is 1.61 bits per heavy atom. The Balaban J connectivity index is 1.54. The van der Waals surface area contributed by atoms with Crippen molar-refractivity contribution in [1.82, 2.24) is 14.5 Å². The summed E-state index contributed by atoms with van der Waals surface area (Å²) in [5, 5.41) is 13.3. The molecule has 0 fully saturated rings. The molecule has 0 saturated carbocycles. The van der Waals surface area contributed by atoms with Crippen LogP contribution in [0, 0.1) is 13.8 Å². The molecule has 0 radical (unpaired) electrons. The SMILES string of the molecule is Cc1ccc(C)c(-n2c3ccccc3c3ccc(Oc4ccc5cccc(O)c5n4)cc32)n1. The van der Waals surface area contributed by atoms with E-state index in [2.05, 4.69) is 46.8 Å². The number of hydrogen-bond donors (Lipinski definition) is 1. The highest BCUT2D eigenvalue weighted by Gasteiger charge is 2.16. The molecule has 33 heavy (non-hydrogen) atoms. The Kier molecular flexibility index (Phi) is 4.30. The number of para-hydroxylation sites is 2. The van der Waals surface area contributed by atoms with Gasteiger partial charge in [-0.05, 0) is 55.8 Å². The molecule has 0 aliphatic rings. The fraction of sp³-hybridized carbons (Fsp3) is 0.0714. The number of ether oxygens (including phenoxy) is 1. The summed E-state index contributed by atoms with van der Waals surface area (Å²) < 4.78 is 8.33. The largest absolute Gasteiger partial charge is 0.506 e.